The summed E-state index contributed by atoms with van der Waals surface area (Å²) in [6.07, 6.45) is 1.84. The molecule has 4 atom stereocenters. The third-order valence-electron chi connectivity index (χ3n) is 6.05. The molecule has 11 nitrogen and oxygen atoms in total. The number of methoxy groups -OCH3 is 1. The summed E-state index contributed by atoms with van der Waals surface area (Å²) < 4.78 is 33.3. The van der Waals surface area contributed by atoms with Crippen LogP contribution in [0, 0.1) is 5.92 Å². The number of ether oxygens (including phenoxy) is 6. The number of aromatic nitrogens is 1. The average Bonchev–Trinajstić information content (AvgIpc) is 2.91. The minimum Gasteiger partial charge on any atom is -0.493 e. The van der Waals surface area contributed by atoms with E-state index in [2.05, 4.69) is 17.2 Å². The van der Waals surface area contributed by atoms with E-state index in [1.807, 2.05) is 30.3 Å². The number of pyridine rings is 1. The summed E-state index contributed by atoms with van der Waals surface area (Å²) in [6, 6.07) is 9.71. The molecule has 11 heteroatoms. The van der Waals surface area contributed by atoms with E-state index < -0.39 is 42.9 Å². The minimum atomic E-state index is -1.12. The van der Waals surface area contributed by atoms with Crippen LogP contribution >= 0.6 is 0 Å². The van der Waals surface area contributed by atoms with Gasteiger partial charge in [0, 0.05) is 31.7 Å². The van der Waals surface area contributed by atoms with Gasteiger partial charge in [-0.3, -0.25) is 9.59 Å². The number of benzene rings is 1. The second-order valence-electron chi connectivity index (χ2n) is 8.68. The zero-order valence-electron chi connectivity index (χ0n) is 22.0. The molecule has 0 radical (unpaired) electrons. The van der Waals surface area contributed by atoms with Gasteiger partial charge in [0.15, 0.2) is 23.2 Å². The molecule has 2 heterocycles. The van der Waals surface area contributed by atoms with E-state index in [-0.39, 0.29) is 29.7 Å². The Kier molecular flexibility index (Phi) is 10.7. The van der Waals surface area contributed by atoms with Crippen LogP contribution in [0.15, 0.2) is 42.6 Å². The summed E-state index contributed by atoms with van der Waals surface area (Å²) in [4.78, 5) is 41.5. The maximum atomic E-state index is 13.2. The Morgan fingerprint density at radius 1 is 1.18 bits per heavy atom. The first-order chi connectivity index (χ1) is 18.3. The molecular weight excluding hydrogens is 496 g/mol. The highest BCUT2D eigenvalue weighted by molar-refractivity contribution is 5.98. The number of hydrogen-bond donors (Lipinski definition) is 1. The van der Waals surface area contributed by atoms with Gasteiger partial charge < -0.3 is 33.7 Å². The monoisotopic (exact) mass is 530 g/mol. The highest BCUT2D eigenvalue weighted by Gasteiger charge is 2.35. The van der Waals surface area contributed by atoms with Crippen molar-refractivity contribution in [2.24, 2.45) is 5.92 Å². The molecule has 1 N–H and O–H groups in total. The fourth-order valence-corrected chi connectivity index (χ4v) is 4.06. The second-order valence-corrected chi connectivity index (χ2v) is 8.68. The van der Waals surface area contributed by atoms with Gasteiger partial charge in [-0.15, -0.1) is 0 Å². The highest BCUT2D eigenvalue weighted by atomic mass is 16.7. The quantitative estimate of drug-likeness (QED) is 0.381. The van der Waals surface area contributed by atoms with Crippen molar-refractivity contribution in [1.82, 2.24) is 10.3 Å². The summed E-state index contributed by atoms with van der Waals surface area (Å²) in [5, 5.41) is 2.62. The van der Waals surface area contributed by atoms with E-state index in [1.165, 1.54) is 26.3 Å². The van der Waals surface area contributed by atoms with Crippen molar-refractivity contribution in [3.63, 3.8) is 0 Å². The summed E-state index contributed by atoms with van der Waals surface area (Å²) in [5.74, 6) is -1.04. The lowest BCUT2D eigenvalue weighted by Crippen LogP contribution is -2.49. The molecule has 0 bridgehead atoms. The topological polar surface area (TPSA) is 132 Å². The maximum Gasteiger partial charge on any atom is 0.331 e. The number of carbonyl (C=O) groups excluding carboxylic acids is 3. The van der Waals surface area contributed by atoms with E-state index in [4.69, 9.17) is 28.4 Å². The molecule has 206 valence electrons. The first kappa shape index (κ1) is 28.7. The molecule has 1 aliphatic rings. The molecule has 1 aliphatic heterocycles. The third kappa shape index (κ3) is 7.82. The van der Waals surface area contributed by atoms with Crippen LogP contribution in [-0.4, -0.2) is 68.2 Å². The number of para-hydroxylation sites is 1. The predicted octanol–water partition coefficient (Wildman–Crippen LogP) is 2.91. The summed E-state index contributed by atoms with van der Waals surface area (Å²) in [6.45, 7) is 4.88. The van der Waals surface area contributed by atoms with Crippen LogP contribution in [0.4, 0.5) is 0 Å². The van der Waals surface area contributed by atoms with E-state index in [0.717, 1.165) is 6.42 Å². The van der Waals surface area contributed by atoms with Crippen molar-refractivity contribution in [2.45, 2.75) is 51.9 Å². The zero-order valence-corrected chi connectivity index (χ0v) is 22.0. The van der Waals surface area contributed by atoms with E-state index >= 15 is 0 Å². The Balaban J connectivity index is 1.76. The molecule has 3 rings (SSSR count). The largest absolute Gasteiger partial charge is 0.493 e. The number of nitrogens with one attached hydrogen (secondary N) is 1. The predicted molar refractivity (Wildman–Crippen MR) is 135 cm³/mol. The van der Waals surface area contributed by atoms with Crippen LogP contribution < -0.4 is 19.5 Å². The number of rotatable bonds is 9. The maximum absolute atomic E-state index is 13.2. The Morgan fingerprint density at radius 2 is 1.95 bits per heavy atom. The summed E-state index contributed by atoms with van der Waals surface area (Å²) in [5.41, 5.74) is -0.161. The van der Waals surface area contributed by atoms with Gasteiger partial charge in [-0.25, -0.2) is 9.78 Å². The molecule has 38 heavy (non-hydrogen) atoms. The van der Waals surface area contributed by atoms with E-state index in [9.17, 15) is 14.4 Å². The van der Waals surface area contributed by atoms with Gasteiger partial charge >= 0.3 is 11.9 Å². The second kappa shape index (κ2) is 14.2. The lowest BCUT2D eigenvalue weighted by Gasteiger charge is -2.33. The molecule has 2 aromatic rings. The van der Waals surface area contributed by atoms with Crippen LogP contribution in [0.5, 0.6) is 17.2 Å². The normalized spacial score (nSPS) is 21.9. The lowest BCUT2D eigenvalue weighted by atomic mass is 9.92. The molecule has 0 saturated carbocycles. The first-order valence-electron chi connectivity index (χ1n) is 12.4. The summed E-state index contributed by atoms with van der Waals surface area (Å²) >= 11 is 0. The molecule has 1 aromatic carbocycles. The van der Waals surface area contributed by atoms with Crippen molar-refractivity contribution in [3.05, 3.63) is 48.3 Å². The molecular formula is C27H34N2O9. The first-order valence-corrected chi connectivity index (χ1v) is 12.4. The van der Waals surface area contributed by atoms with Crippen LogP contribution in [0.1, 0.15) is 44.1 Å². The smallest absolute Gasteiger partial charge is 0.331 e. The molecule has 1 saturated heterocycles. The number of hydrogen-bond acceptors (Lipinski definition) is 10. The Labute approximate surface area is 221 Å². The van der Waals surface area contributed by atoms with E-state index in [0.29, 0.717) is 18.8 Å². The number of amides is 1. The van der Waals surface area contributed by atoms with E-state index in [1.54, 1.807) is 6.92 Å². The van der Waals surface area contributed by atoms with Gasteiger partial charge in [0.1, 0.15) is 18.0 Å². The van der Waals surface area contributed by atoms with Crippen molar-refractivity contribution in [1.29, 1.82) is 0 Å². The van der Waals surface area contributed by atoms with Crippen LogP contribution in [-0.2, 0) is 23.8 Å². The lowest BCUT2D eigenvalue weighted by molar-refractivity contribution is -0.160. The Hall–Kier alpha value is -3.86. The Morgan fingerprint density at radius 3 is 2.63 bits per heavy atom. The van der Waals surface area contributed by atoms with Gasteiger partial charge in [-0.1, -0.05) is 25.1 Å². The highest BCUT2D eigenvalue weighted by Crippen LogP contribution is 2.30. The molecule has 0 aliphatic carbocycles. The minimum absolute atomic E-state index is 0.0432. The number of esters is 2. The van der Waals surface area contributed by atoms with Crippen LogP contribution in [0.2, 0.25) is 0 Å². The SMILES string of the molecule is CC[C@H]1CCOC[C@H](NC(=O)c2nccc(OC)c2OCOC(C)=O)C(=O)O[C@@H](C)[C@@H]1Oc1ccccc1. The standard InChI is InChI=1S/C27H34N2O9/c1-5-19-12-14-34-15-21(27(32)37-17(2)24(19)38-20-9-7-6-8-10-20)29-26(31)23-25(36-16-35-18(3)30)22(33-4)11-13-28-23/h6-11,13,17,19,21,24H,5,12,14-16H2,1-4H3,(H,29,31)/t17-,19-,21-,24-/m0/s1. The van der Waals surface area contributed by atoms with Crippen molar-refractivity contribution < 1.29 is 42.8 Å². The third-order valence-corrected chi connectivity index (χ3v) is 6.05. The van der Waals surface area contributed by atoms with Gasteiger partial charge in [0.2, 0.25) is 6.79 Å². The van der Waals surface area contributed by atoms with Crippen LogP contribution in [0.25, 0.3) is 0 Å². The van der Waals surface area contributed by atoms with Gasteiger partial charge in [-0.05, 0) is 31.9 Å². The molecule has 1 amide bonds. The van der Waals surface area contributed by atoms with Crippen molar-refractivity contribution >= 4 is 17.8 Å². The number of carbonyl (C=O) groups is 3. The molecule has 0 unspecified atom stereocenters. The van der Waals surface area contributed by atoms with Gasteiger partial charge in [0.05, 0.1) is 13.7 Å². The van der Waals surface area contributed by atoms with Crippen LogP contribution in [0.3, 0.4) is 0 Å². The Bertz CT molecular complexity index is 1080. The average molecular weight is 531 g/mol. The van der Waals surface area contributed by atoms with Crippen molar-refractivity contribution in [2.75, 3.05) is 27.1 Å². The fraction of sp³-hybridized carbons (Fsp3) is 0.481. The van der Waals surface area contributed by atoms with Gasteiger partial charge in [0.25, 0.3) is 5.91 Å². The summed E-state index contributed by atoms with van der Waals surface area (Å²) in [7, 11) is 1.39. The molecule has 0 spiro atoms. The number of cyclic esters (lactones) is 1. The van der Waals surface area contributed by atoms with Crippen molar-refractivity contribution in [3.8, 4) is 17.2 Å². The zero-order chi connectivity index (χ0) is 27.5. The molecule has 1 fully saturated rings. The number of nitrogens with zero attached hydrogens (tertiary/aromatic N) is 1. The molecule has 1 aromatic heterocycles. The van der Waals surface area contributed by atoms with Gasteiger partial charge in [-0.2, -0.15) is 0 Å². The fourth-order valence-electron chi connectivity index (χ4n) is 4.06.